The molecule has 0 saturated carbocycles. The van der Waals surface area contributed by atoms with Gasteiger partial charge in [-0.2, -0.15) is 0 Å². The molecule has 0 aliphatic rings. The zero-order chi connectivity index (χ0) is 10.6. The third-order valence-electron chi connectivity index (χ3n) is 1.52. The highest BCUT2D eigenvalue weighted by molar-refractivity contribution is 5.87. The maximum absolute atomic E-state index is 4.59. The van der Waals surface area contributed by atoms with E-state index in [1.54, 1.807) is 0 Å². The summed E-state index contributed by atoms with van der Waals surface area (Å²) in [6, 6.07) is 0.817. The number of aliphatic imine (C=N–C) groups is 1. The van der Waals surface area contributed by atoms with Gasteiger partial charge in [-0.05, 0) is 27.7 Å². The third kappa shape index (κ3) is 5.67. The molecule has 1 N–H and O–H groups in total. The summed E-state index contributed by atoms with van der Waals surface area (Å²) in [7, 11) is 0. The van der Waals surface area contributed by atoms with E-state index in [4.69, 9.17) is 0 Å². The molecule has 0 bridgehead atoms. The third-order valence-corrected chi connectivity index (χ3v) is 1.52. The highest BCUT2D eigenvalue weighted by atomic mass is 15.0. The number of hydrogen-bond donors (Lipinski definition) is 1. The largest absolute Gasteiger partial charge is 0.371 e. The van der Waals surface area contributed by atoms with Gasteiger partial charge in [0, 0.05) is 17.5 Å². The Morgan fingerprint density at radius 2 is 1.54 bits per heavy atom. The molecule has 78 valence electrons. The topological polar surface area (TPSA) is 24.4 Å². The first kappa shape index (κ1) is 12.5. The molecule has 0 aliphatic carbocycles. The lowest BCUT2D eigenvalue weighted by Gasteiger charge is -2.25. The maximum atomic E-state index is 4.59. The molecule has 0 aromatic carbocycles. The standard InChI is InChI=1S/C11H24N2/c1-8(2)12-10(11(5,6)7)13-9(3)4/h8-9H,1-7H3,(H,12,13). The van der Waals surface area contributed by atoms with E-state index in [2.05, 4.69) is 58.8 Å². The molecule has 0 aromatic heterocycles. The summed E-state index contributed by atoms with van der Waals surface area (Å²) in [4.78, 5) is 4.59. The van der Waals surface area contributed by atoms with Crippen LogP contribution >= 0.6 is 0 Å². The summed E-state index contributed by atoms with van der Waals surface area (Å²) in [5.74, 6) is 1.11. The highest BCUT2D eigenvalue weighted by Crippen LogP contribution is 2.15. The van der Waals surface area contributed by atoms with Crippen molar-refractivity contribution in [2.24, 2.45) is 10.4 Å². The molecule has 0 unspecified atom stereocenters. The van der Waals surface area contributed by atoms with E-state index >= 15 is 0 Å². The first-order valence-corrected chi connectivity index (χ1v) is 5.08. The van der Waals surface area contributed by atoms with Gasteiger partial charge in [0.25, 0.3) is 0 Å². The van der Waals surface area contributed by atoms with Crippen LogP contribution in [0, 0.1) is 5.41 Å². The Labute approximate surface area is 82.8 Å². The minimum absolute atomic E-state index is 0.120. The van der Waals surface area contributed by atoms with E-state index in [0.717, 1.165) is 5.84 Å². The van der Waals surface area contributed by atoms with Crippen LogP contribution in [-0.4, -0.2) is 17.9 Å². The second-order valence-electron chi connectivity index (χ2n) is 5.12. The Morgan fingerprint density at radius 1 is 1.08 bits per heavy atom. The molecule has 2 nitrogen and oxygen atoms in total. The molecule has 0 heterocycles. The Kier molecular flexibility index (Phi) is 4.45. The van der Waals surface area contributed by atoms with Crippen LogP contribution < -0.4 is 5.32 Å². The summed E-state index contributed by atoms with van der Waals surface area (Å²) >= 11 is 0. The lowest BCUT2D eigenvalue weighted by molar-refractivity contribution is 0.539. The van der Waals surface area contributed by atoms with Crippen molar-refractivity contribution in [1.29, 1.82) is 0 Å². The second kappa shape index (κ2) is 4.64. The lowest BCUT2D eigenvalue weighted by atomic mass is 9.94. The maximum Gasteiger partial charge on any atom is 0.102 e. The molecule has 2 heteroatoms. The van der Waals surface area contributed by atoms with Crippen LogP contribution in [0.5, 0.6) is 0 Å². The predicted molar refractivity (Wildman–Crippen MR) is 60.3 cm³/mol. The van der Waals surface area contributed by atoms with E-state index in [9.17, 15) is 0 Å². The molecule has 0 aliphatic heterocycles. The first-order chi connectivity index (χ1) is 5.73. The van der Waals surface area contributed by atoms with Crippen LogP contribution in [0.1, 0.15) is 48.5 Å². The molecule has 0 aromatic rings. The number of nitrogens with one attached hydrogen (secondary N) is 1. The van der Waals surface area contributed by atoms with Crippen molar-refractivity contribution in [3.05, 3.63) is 0 Å². The van der Waals surface area contributed by atoms with Crippen LogP contribution in [0.25, 0.3) is 0 Å². The quantitative estimate of drug-likeness (QED) is 0.518. The van der Waals surface area contributed by atoms with Crippen LogP contribution in [0.2, 0.25) is 0 Å². The van der Waals surface area contributed by atoms with Gasteiger partial charge in [-0.1, -0.05) is 20.8 Å². The summed E-state index contributed by atoms with van der Waals surface area (Å²) in [5.41, 5.74) is 0.120. The Balaban J connectivity index is 4.57. The second-order valence-corrected chi connectivity index (χ2v) is 5.12. The van der Waals surface area contributed by atoms with Crippen molar-refractivity contribution in [1.82, 2.24) is 5.32 Å². The highest BCUT2D eigenvalue weighted by Gasteiger charge is 2.19. The van der Waals surface area contributed by atoms with E-state index in [1.807, 2.05) is 0 Å². The van der Waals surface area contributed by atoms with Crippen LogP contribution in [0.4, 0.5) is 0 Å². The van der Waals surface area contributed by atoms with Gasteiger partial charge < -0.3 is 5.32 Å². The molecular formula is C11H24N2. The number of nitrogens with zero attached hydrogens (tertiary/aromatic N) is 1. The minimum atomic E-state index is 0.120. The minimum Gasteiger partial charge on any atom is -0.371 e. The average molecular weight is 184 g/mol. The van der Waals surface area contributed by atoms with Gasteiger partial charge in [0.15, 0.2) is 0 Å². The smallest absolute Gasteiger partial charge is 0.102 e. The molecule has 0 amide bonds. The fourth-order valence-corrected chi connectivity index (χ4v) is 0.979. The Bertz CT molecular complexity index is 173. The van der Waals surface area contributed by atoms with Crippen LogP contribution in [0.15, 0.2) is 4.99 Å². The molecular weight excluding hydrogens is 160 g/mol. The lowest BCUT2D eigenvalue weighted by Crippen LogP contribution is -2.39. The van der Waals surface area contributed by atoms with Crippen molar-refractivity contribution in [2.75, 3.05) is 0 Å². The summed E-state index contributed by atoms with van der Waals surface area (Å²) < 4.78 is 0. The van der Waals surface area contributed by atoms with Crippen LogP contribution in [-0.2, 0) is 0 Å². The van der Waals surface area contributed by atoms with Crippen molar-refractivity contribution in [2.45, 2.75) is 60.5 Å². The summed E-state index contributed by atoms with van der Waals surface area (Å²) in [6.07, 6.45) is 0. The molecule has 0 spiro atoms. The zero-order valence-corrected chi connectivity index (χ0v) is 10.1. The Morgan fingerprint density at radius 3 is 1.77 bits per heavy atom. The van der Waals surface area contributed by atoms with E-state index in [0.29, 0.717) is 12.1 Å². The van der Waals surface area contributed by atoms with Crippen molar-refractivity contribution >= 4 is 5.84 Å². The van der Waals surface area contributed by atoms with Gasteiger partial charge >= 0.3 is 0 Å². The molecule has 0 radical (unpaired) electrons. The molecule has 0 saturated heterocycles. The number of amidine groups is 1. The first-order valence-electron chi connectivity index (χ1n) is 5.08. The van der Waals surface area contributed by atoms with Gasteiger partial charge in [0.2, 0.25) is 0 Å². The molecule has 0 fully saturated rings. The monoisotopic (exact) mass is 184 g/mol. The fourth-order valence-electron chi connectivity index (χ4n) is 0.979. The molecule has 0 atom stereocenters. The van der Waals surface area contributed by atoms with Gasteiger partial charge in [0.05, 0.1) is 0 Å². The van der Waals surface area contributed by atoms with Gasteiger partial charge in [-0.15, -0.1) is 0 Å². The Hall–Kier alpha value is -0.530. The SMILES string of the molecule is CC(C)N=C(NC(C)C)C(C)(C)C. The van der Waals surface area contributed by atoms with E-state index < -0.39 is 0 Å². The number of rotatable bonds is 2. The number of hydrogen-bond acceptors (Lipinski definition) is 1. The van der Waals surface area contributed by atoms with Crippen molar-refractivity contribution in [3.63, 3.8) is 0 Å². The van der Waals surface area contributed by atoms with Crippen LogP contribution in [0.3, 0.4) is 0 Å². The van der Waals surface area contributed by atoms with E-state index in [-0.39, 0.29) is 5.41 Å². The molecule has 0 rings (SSSR count). The van der Waals surface area contributed by atoms with Gasteiger partial charge in [0.1, 0.15) is 5.84 Å². The zero-order valence-electron chi connectivity index (χ0n) is 10.1. The fraction of sp³-hybridized carbons (Fsp3) is 0.909. The molecule has 13 heavy (non-hydrogen) atoms. The van der Waals surface area contributed by atoms with Crippen molar-refractivity contribution < 1.29 is 0 Å². The normalized spacial score (nSPS) is 14.1. The van der Waals surface area contributed by atoms with Crippen molar-refractivity contribution in [3.8, 4) is 0 Å². The predicted octanol–water partition coefficient (Wildman–Crippen LogP) is 2.84. The van der Waals surface area contributed by atoms with E-state index in [1.165, 1.54) is 0 Å². The van der Waals surface area contributed by atoms with Gasteiger partial charge in [-0.25, -0.2) is 0 Å². The summed E-state index contributed by atoms with van der Waals surface area (Å²) in [6.45, 7) is 15.0. The average Bonchev–Trinajstić information content (AvgIpc) is 1.81. The van der Waals surface area contributed by atoms with Gasteiger partial charge in [-0.3, -0.25) is 4.99 Å². The summed E-state index contributed by atoms with van der Waals surface area (Å²) in [5, 5.41) is 3.40.